The molecule has 0 bridgehead atoms. The van der Waals surface area contributed by atoms with Gasteiger partial charge < -0.3 is 5.11 Å². The third kappa shape index (κ3) is 2.23. The van der Waals surface area contributed by atoms with Crippen molar-refractivity contribution in [3.05, 3.63) is 24.4 Å². The van der Waals surface area contributed by atoms with Gasteiger partial charge in [0.1, 0.15) is 0 Å². The fraction of sp³-hybridized carbons (Fsp3) is 0.500. The molecule has 1 fully saturated rings. The van der Waals surface area contributed by atoms with Crippen LogP contribution >= 0.6 is 0 Å². The number of hydrogen-bond acceptors (Lipinski definition) is 4. The van der Waals surface area contributed by atoms with Gasteiger partial charge in [-0.05, 0) is 25.0 Å². The van der Waals surface area contributed by atoms with E-state index in [0.29, 0.717) is 25.9 Å². The van der Waals surface area contributed by atoms with E-state index in [2.05, 4.69) is 4.98 Å². The molecule has 6 heteroatoms. The average molecular weight is 242 g/mol. The molecule has 2 rings (SSSR count). The van der Waals surface area contributed by atoms with E-state index in [0.717, 1.165) is 0 Å². The average Bonchev–Trinajstić information content (AvgIpc) is 2.31. The van der Waals surface area contributed by atoms with E-state index < -0.39 is 10.0 Å². The van der Waals surface area contributed by atoms with Crippen LogP contribution in [0.25, 0.3) is 0 Å². The van der Waals surface area contributed by atoms with Crippen molar-refractivity contribution in [3.63, 3.8) is 0 Å². The third-order valence-corrected chi connectivity index (χ3v) is 4.48. The van der Waals surface area contributed by atoms with Gasteiger partial charge in [0.05, 0.1) is 6.10 Å². The number of aliphatic hydroxyl groups is 1. The molecule has 0 amide bonds. The molecule has 0 saturated carbocycles. The van der Waals surface area contributed by atoms with Gasteiger partial charge in [-0.25, -0.2) is 13.4 Å². The zero-order valence-electron chi connectivity index (χ0n) is 8.78. The Labute approximate surface area is 94.8 Å². The van der Waals surface area contributed by atoms with Crippen LogP contribution in [0, 0.1) is 0 Å². The lowest BCUT2D eigenvalue weighted by molar-refractivity contribution is 0.113. The molecule has 1 N–H and O–H groups in total. The minimum Gasteiger partial charge on any atom is -0.393 e. The molecule has 5 nitrogen and oxygen atoms in total. The van der Waals surface area contributed by atoms with Crippen molar-refractivity contribution in [3.8, 4) is 0 Å². The molecule has 0 aliphatic carbocycles. The molecule has 1 aromatic rings. The Kier molecular flexibility index (Phi) is 3.22. The van der Waals surface area contributed by atoms with Crippen molar-refractivity contribution in [1.82, 2.24) is 9.29 Å². The Morgan fingerprint density at radius 1 is 1.31 bits per heavy atom. The smallest absolute Gasteiger partial charge is 0.260 e. The highest BCUT2D eigenvalue weighted by Crippen LogP contribution is 2.18. The summed E-state index contributed by atoms with van der Waals surface area (Å²) in [7, 11) is -3.47. The Morgan fingerprint density at radius 2 is 2.00 bits per heavy atom. The second kappa shape index (κ2) is 4.48. The number of hydrogen-bond donors (Lipinski definition) is 1. The number of aromatic nitrogens is 1. The first kappa shape index (κ1) is 11.5. The summed E-state index contributed by atoms with van der Waals surface area (Å²) in [5, 5.41) is 9.40. The van der Waals surface area contributed by atoms with Crippen LogP contribution in [0.1, 0.15) is 12.8 Å². The number of nitrogens with zero attached hydrogens (tertiary/aromatic N) is 2. The first-order valence-electron chi connectivity index (χ1n) is 5.20. The molecule has 1 aliphatic rings. The minimum absolute atomic E-state index is 0.0754. The number of pyridine rings is 1. The van der Waals surface area contributed by atoms with E-state index in [4.69, 9.17) is 0 Å². The van der Waals surface area contributed by atoms with Gasteiger partial charge in [0.25, 0.3) is 10.0 Å². The van der Waals surface area contributed by atoms with Crippen molar-refractivity contribution in [2.45, 2.75) is 24.0 Å². The largest absolute Gasteiger partial charge is 0.393 e. The van der Waals surface area contributed by atoms with Gasteiger partial charge in [0.2, 0.25) is 0 Å². The van der Waals surface area contributed by atoms with Crippen molar-refractivity contribution in [2.24, 2.45) is 0 Å². The summed E-state index contributed by atoms with van der Waals surface area (Å²) in [6.45, 7) is 0.722. The van der Waals surface area contributed by atoms with Gasteiger partial charge in [0.15, 0.2) is 5.03 Å². The van der Waals surface area contributed by atoms with Crippen LogP contribution in [-0.2, 0) is 10.0 Å². The van der Waals surface area contributed by atoms with Gasteiger partial charge in [0, 0.05) is 19.3 Å². The second-order valence-electron chi connectivity index (χ2n) is 3.80. The Morgan fingerprint density at radius 3 is 2.56 bits per heavy atom. The highest BCUT2D eigenvalue weighted by atomic mass is 32.2. The number of aliphatic hydroxyl groups excluding tert-OH is 1. The van der Waals surface area contributed by atoms with Crippen molar-refractivity contribution in [1.29, 1.82) is 0 Å². The molecule has 88 valence electrons. The summed E-state index contributed by atoms with van der Waals surface area (Å²) in [4.78, 5) is 3.85. The van der Waals surface area contributed by atoms with E-state index in [1.807, 2.05) is 0 Å². The highest BCUT2D eigenvalue weighted by Gasteiger charge is 2.29. The van der Waals surface area contributed by atoms with Gasteiger partial charge in [-0.3, -0.25) is 0 Å². The van der Waals surface area contributed by atoms with E-state index in [9.17, 15) is 13.5 Å². The molecular weight excluding hydrogens is 228 g/mol. The fourth-order valence-corrected chi connectivity index (χ4v) is 3.12. The minimum atomic E-state index is -3.47. The van der Waals surface area contributed by atoms with E-state index in [1.54, 1.807) is 12.1 Å². The predicted molar refractivity (Wildman–Crippen MR) is 58.2 cm³/mol. The summed E-state index contributed by atoms with van der Waals surface area (Å²) < 4.78 is 25.5. The van der Waals surface area contributed by atoms with Crippen molar-refractivity contribution in [2.75, 3.05) is 13.1 Å². The lowest BCUT2D eigenvalue weighted by Crippen LogP contribution is -2.40. The molecule has 0 aromatic carbocycles. The zero-order valence-corrected chi connectivity index (χ0v) is 9.60. The SMILES string of the molecule is O=S(=O)(c1ccccn1)N1CCC(O)CC1. The normalized spacial score (nSPS) is 19.8. The molecule has 0 spiro atoms. The molecule has 1 aliphatic heterocycles. The van der Waals surface area contributed by atoms with Crippen LogP contribution in [0.2, 0.25) is 0 Å². The maximum Gasteiger partial charge on any atom is 0.260 e. The lowest BCUT2D eigenvalue weighted by Gasteiger charge is -2.28. The first-order chi connectivity index (χ1) is 7.60. The monoisotopic (exact) mass is 242 g/mol. The van der Waals surface area contributed by atoms with Crippen LogP contribution in [0.15, 0.2) is 29.4 Å². The molecule has 0 radical (unpaired) electrons. The van der Waals surface area contributed by atoms with Crippen molar-refractivity contribution < 1.29 is 13.5 Å². The van der Waals surface area contributed by atoms with E-state index in [1.165, 1.54) is 16.6 Å². The predicted octanol–water partition coefficient (Wildman–Crippen LogP) is 0.227. The highest BCUT2D eigenvalue weighted by molar-refractivity contribution is 7.89. The van der Waals surface area contributed by atoms with Crippen molar-refractivity contribution >= 4 is 10.0 Å². The second-order valence-corrected chi connectivity index (χ2v) is 5.69. The summed E-state index contributed by atoms with van der Waals surface area (Å²) >= 11 is 0. The number of rotatable bonds is 2. The summed E-state index contributed by atoms with van der Waals surface area (Å²) in [6, 6.07) is 4.82. The van der Waals surface area contributed by atoms with Crippen LogP contribution in [-0.4, -0.2) is 42.0 Å². The molecule has 0 atom stereocenters. The summed E-state index contributed by atoms with van der Waals surface area (Å²) in [5.74, 6) is 0. The molecule has 16 heavy (non-hydrogen) atoms. The Bertz CT molecular complexity index is 438. The number of piperidine rings is 1. The fourth-order valence-electron chi connectivity index (χ4n) is 1.71. The van der Waals surface area contributed by atoms with Gasteiger partial charge in [-0.15, -0.1) is 0 Å². The van der Waals surface area contributed by atoms with Crippen LogP contribution in [0.3, 0.4) is 0 Å². The Balaban J connectivity index is 2.20. The summed E-state index contributed by atoms with van der Waals surface area (Å²) in [6.07, 6.45) is 2.07. The van der Waals surface area contributed by atoms with Gasteiger partial charge in [-0.1, -0.05) is 6.07 Å². The van der Waals surface area contributed by atoms with Gasteiger partial charge in [-0.2, -0.15) is 4.31 Å². The third-order valence-electron chi connectivity index (χ3n) is 2.67. The van der Waals surface area contributed by atoms with Gasteiger partial charge >= 0.3 is 0 Å². The van der Waals surface area contributed by atoms with E-state index in [-0.39, 0.29) is 11.1 Å². The quantitative estimate of drug-likeness (QED) is 0.805. The molecule has 1 saturated heterocycles. The summed E-state index contributed by atoms with van der Waals surface area (Å²) in [5.41, 5.74) is 0. The molecule has 1 aromatic heterocycles. The maximum atomic E-state index is 12.1. The van der Waals surface area contributed by atoms with Crippen LogP contribution < -0.4 is 0 Å². The lowest BCUT2D eigenvalue weighted by atomic mass is 10.1. The first-order valence-corrected chi connectivity index (χ1v) is 6.64. The molecule has 2 heterocycles. The van der Waals surface area contributed by atoms with Crippen LogP contribution in [0.5, 0.6) is 0 Å². The maximum absolute atomic E-state index is 12.1. The number of sulfonamides is 1. The molecular formula is C10H14N2O3S. The topological polar surface area (TPSA) is 70.5 Å². The molecule has 0 unspecified atom stereocenters. The van der Waals surface area contributed by atoms with E-state index >= 15 is 0 Å². The Hall–Kier alpha value is -0.980. The van der Waals surface area contributed by atoms with Crippen LogP contribution in [0.4, 0.5) is 0 Å². The standard InChI is InChI=1S/C10H14N2O3S/c13-9-4-7-12(8-5-9)16(14,15)10-3-1-2-6-11-10/h1-3,6,9,13H,4-5,7-8H2. The zero-order chi connectivity index (χ0) is 11.6.